The van der Waals surface area contributed by atoms with Crippen LogP contribution in [0.3, 0.4) is 0 Å². The summed E-state index contributed by atoms with van der Waals surface area (Å²) in [5.74, 6) is 2.75. The number of rotatable bonds is 8. The molecule has 37 heavy (non-hydrogen) atoms. The van der Waals surface area contributed by atoms with Crippen molar-refractivity contribution in [3.05, 3.63) is 67.2 Å². The van der Waals surface area contributed by atoms with E-state index in [4.69, 9.17) is 42.8 Å². The van der Waals surface area contributed by atoms with E-state index >= 15 is 0 Å². The maximum Gasteiger partial charge on any atom is 0.227 e. The second kappa shape index (κ2) is 11.3. The van der Waals surface area contributed by atoms with Crippen molar-refractivity contribution in [3.63, 3.8) is 0 Å². The van der Waals surface area contributed by atoms with Crippen molar-refractivity contribution in [1.82, 2.24) is 14.8 Å². The first-order chi connectivity index (χ1) is 17.9. The van der Waals surface area contributed by atoms with Gasteiger partial charge in [0.2, 0.25) is 11.1 Å². The van der Waals surface area contributed by atoms with Gasteiger partial charge in [-0.25, -0.2) is 4.68 Å². The molecule has 2 aliphatic rings. The molecule has 1 aliphatic heterocycles. The van der Waals surface area contributed by atoms with E-state index in [1.807, 2.05) is 22.9 Å². The van der Waals surface area contributed by atoms with Crippen molar-refractivity contribution in [2.45, 2.75) is 50.4 Å². The highest BCUT2D eigenvalue weighted by atomic mass is 79.9. The second-order valence-corrected chi connectivity index (χ2v) is 11.5. The van der Waals surface area contributed by atoms with Crippen LogP contribution in [0.4, 0.5) is 5.95 Å². The lowest BCUT2D eigenvalue weighted by Crippen LogP contribution is -2.31. The predicted molar refractivity (Wildman–Crippen MR) is 150 cm³/mol. The van der Waals surface area contributed by atoms with Crippen LogP contribution in [0, 0.1) is 0 Å². The standard InChI is InChI=1S/C26H25BrCl2N4O3S/c1-3-9-37-26-31-25-30-19-5-4-6-20(34)22(19)23(33(25)32-26)15-10-17(27)24(21(11-15)35-2)36-13-14-7-8-16(28)12-18(14)29/h7-8,10-12,23H,3-6,9,13H2,1-2H3,(H,30,31,32). The van der Waals surface area contributed by atoms with E-state index in [1.165, 1.54) is 0 Å². The van der Waals surface area contributed by atoms with Gasteiger partial charge in [0.1, 0.15) is 12.6 Å². The van der Waals surface area contributed by atoms with Crippen LogP contribution in [0.1, 0.15) is 49.8 Å². The molecule has 0 saturated carbocycles. The molecule has 0 spiro atoms. The van der Waals surface area contributed by atoms with Crippen molar-refractivity contribution in [2.75, 3.05) is 18.2 Å². The molecular formula is C26H25BrCl2N4O3S. The average Bonchev–Trinajstić information content (AvgIpc) is 3.28. The lowest BCUT2D eigenvalue weighted by Gasteiger charge is -2.32. The number of benzene rings is 2. The number of nitrogens with one attached hydrogen (secondary N) is 1. The van der Waals surface area contributed by atoms with E-state index < -0.39 is 6.04 Å². The minimum absolute atomic E-state index is 0.121. The summed E-state index contributed by atoms with van der Waals surface area (Å²) in [5.41, 5.74) is 3.30. The molecular weight excluding hydrogens is 599 g/mol. The molecule has 7 nitrogen and oxygen atoms in total. The van der Waals surface area contributed by atoms with Crippen LogP contribution in [0.2, 0.25) is 10.0 Å². The third-order valence-corrected chi connectivity index (χ3v) is 8.46. The number of fused-ring (bicyclic) bond motifs is 1. The number of nitrogens with zero attached hydrogens (tertiary/aromatic N) is 3. The number of thioether (sulfide) groups is 1. The second-order valence-electron chi connectivity index (χ2n) is 8.77. The zero-order valence-electron chi connectivity index (χ0n) is 20.3. The Morgan fingerprint density at radius 1 is 1.24 bits per heavy atom. The molecule has 1 aliphatic carbocycles. The van der Waals surface area contributed by atoms with Gasteiger partial charge in [-0.15, -0.1) is 5.10 Å². The molecule has 2 aromatic carbocycles. The van der Waals surface area contributed by atoms with Gasteiger partial charge in [-0.2, -0.15) is 4.98 Å². The summed E-state index contributed by atoms with van der Waals surface area (Å²) in [5, 5.41) is 9.93. The Labute approximate surface area is 238 Å². The molecule has 5 rings (SSSR count). The number of ketones is 1. The third kappa shape index (κ3) is 5.37. The maximum atomic E-state index is 13.2. The number of allylic oxidation sites excluding steroid dienone is 2. The van der Waals surface area contributed by atoms with Crippen LogP contribution in [0.25, 0.3) is 0 Å². The van der Waals surface area contributed by atoms with Crippen LogP contribution in [-0.4, -0.2) is 33.4 Å². The number of methoxy groups -OCH3 is 1. The molecule has 0 fully saturated rings. The Morgan fingerprint density at radius 2 is 2.08 bits per heavy atom. The lowest BCUT2D eigenvalue weighted by atomic mass is 9.85. The quantitative estimate of drug-likeness (QED) is 0.261. The van der Waals surface area contributed by atoms with Crippen LogP contribution in [-0.2, 0) is 11.4 Å². The van der Waals surface area contributed by atoms with Gasteiger partial charge in [0.05, 0.1) is 11.6 Å². The van der Waals surface area contributed by atoms with Crippen molar-refractivity contribution >= 4 is 62.6 Å². The summed E-state index contributed by atoms with van der Waals surface area (Å²) in [6.07, 6.45) is 3.14. The van der Waals surface area contributed by atoms with E-state index in [2.05, 4.69) is 28.2 Å². The molecule has 0 radical (unpaired) electrons. The van der Waals surface area contributed by atoms with Gasteiger partial charge in [0.25, 0.3) is 0 Å². The summed E-state index contributed by atoms with van der Waals surface area (Å²) >= 11 is 17.6. The predicted octanol–water partition coefficient (Wildman–Crippen LogP) is 7.46. The summed E-state index contributed by atoms with van der Waals surface area (Å²) in [6, 6.07) is 8.71. The van der Waals surface area contributed by atoms with E-state index in [0.717, 1.165) is 47.4 Å². The molecule has 1 N–H and O–H groups in total. The molecule has 1 aromatic heterocycles. The molecule has 0 saturated heterocycles. The van der Waals surface area contributed by atoms with Gasteiger partial charge >= 0.3 is 0 Å². The molecule has 11 heteroatoms. The van der Waals surface area contributed by atoms with Crippen LogP contribution in [0.15, 0.2) is 51.2 Å². The number of Topliss-reactive ketones (excluding diaryl/α,β-unsaturated/α-hetero) is 1. The van der Waals surface area contributed by atoms with Gasteiger partial charge in [-0.1, -0.05) is 48.0 Å². The zero-order chi connectivity index (χ0) is 26.1. The van der Waals surface area contributed by atoms with Gasteiger partial charge < -0.3 is 14.8 Å². The molecule has 1 atom stereocenters. The Hall–Kier alpha value is -2.20. The minimum Gasteiger partial charge on any atom is -0.493 e. The highest BCUT2D eigenvalue weighted by molar-refractivity contribution is 9.10. The summed E-state index contributed by atoms with van der Waals surface area (Å²) in [7, 11) is 1.59. The molecule has 2 heterocycles. The van der Waals surface area contributed by atoms with Gasteiger partial charge in [-0.3, -0.25) is 4.79 Å². The number of anilines is 1. The number of halogens is 3. The van der Waals surface area contributed by atoms with Crippen LogP contribution < -0.4 is 14.8 Å². The van der Waals surface area contributed by atoms with Crippen molar-refractivity contribution < 1.29 is 14.3 Å². The SMILES string of the molecule is CCCSc1nc2n(n1)C(c1cc(Br)c(OCc3ccc(Cl)cc3Cl)c(OC)c1)C1=C(CCCC1=O)N2. The monoisotopic (exact) mass is 622 g/mol. The van der Waals surface area contributed by atoms with Gasteiger partial charge in [-0.05, 0) is 65.0 Å². The van der Waals surface area contributed by atoms with Crippen LogP contribution in [0.5, 0.6) is 11.5 Å². The number of carbonyl (C=O) groups is 1. The Bertz CT molecular complexity index is 1390. The Morgan fingerprint density at radius 3 is 2.84 bits per heavy atom. The fourth-order valence-corrected chi connectivity index (χ4v) is 6.25. The first-order valence-electron chi connectivity index (χ1n) is 12.0. The van der Waals surface area contributed by atoms with E-state index in [9.17, 15) is 4.79 Å². The fraction of sp³-hybridized carbons (Fsp3) is 0.346. The van der Waals surface area contributed by atoms with Gasteiger partial charge in [0.15, 0.2) is 17.3 Å². The molecule has 0 amide bonds. The summed E-state index contributed by atoms with van der Waals surface area (Å²) < 4.78 is 14.4. The number of hydrogen-bond donors (Lipinski definition) is 1. The lowest BCUT2D eigenvalue weighted by molar-refractivity contribution is -0.116. The largest absolute Gasteiger partial charge is 0.493 e. The smallest absolute Gasteiger partial charge is 0.227 e. The zero-order valence-corrected chi connectivity index (χ0v) is 24.2. The van der Waals surface area contributed by atoms with E-state index in [0.29, 0.717) is 43.5 Å². The number of carbonyl (C=O) groups excluding carboxylic acids is 1. The minimum atomic E-state index is -0.424. The first kappa shape index (κ1) is 26.4. The third-order valence-electron chi connectivity index (χ3n) is 6.24. The fourth-order valence-electron chi connectivity index (χ4n) is 4.53. The molecule has 0 bridgehead atoms. The van der Waals surface area contributed by atoms with Crippen molar-refractivity contribution in [3.8, 4) is 11.5 Å². The topological polar surface area (TPSA) is 78.3 Å². The van der Waals surface area contributed by atoms with E-state index in [1.54, 1.807) is 31.0 Å². The highest BCUT2D eigenvalue weighted by Crippen LogP contribution is 2.45. The summed E-state index contributed by atoms with van der Waals surface area (Å²) in [6.45, 7) is 2.36. The first-order valence-corrected chi connectivity index (χ1v) is 14.5. The number of hydrogen-bond acceptors (Lipinski definition) is 7. The van der Waals surface area contributed by atoms with E-state index in [-0.39, 0.29) is 12.4 Å². The Kier molecular flexibility index (Phi) is 8.04. The number of ether oxygens (including phenoxy) is 2. The molecule has 1 unspecified atom stereocenters. The number of aromatic nitrogens is 3. The maximum absolute atomic E-state index is 13.2. The van der Waals surface area contributed by atoms with Crippen LogP contribution >= 0.6 is 50.9 Å². The molecule has 3 aromatic rings. The summed E-state index contributed by atoms with van der Waals surface area (Å²) in [4.78, 5) is 17.9. The highest BCUT2D eigenvalue weighted by Gasteiger charge is 2.37. The van der Waals surface area contributed by atoms with Crippen molar-refractivity contribution in [2.24, 2.45) is 0 Å². The Balaban J connectivity index is 1.53. The normalized spacial score (nSPS) is 16.8. The molecule has 194 valence electrons. The van der Waals surface area contributed by atoms with Crippen molar-refractivity contribution in [1.29, 1.82) is 0 Å². The average molecular weight is 624 g/mol. The van der Waals surface area contributed by atoms with Gasteiger partial charge in [0, 0.05) is 39.1 Å².